The Balaban J connectivity index is 1.48. The fourth-order valence-electron chi connectivity index (χ4n) is 5.49. The van der Waals surface area contributed by atoms with Crippen molar-refractivity contribution in [3.05, 3.63) is 134 Å². The summed E-state index contributed by atoms with van der Waals surface area (Å²) in [4.78, 5) is 42.0. The van der Waals surface area contributed by atoms with Gasteiger partial charge in [-0.3, -0.25) is 14.5 Å². The van der Waals surface area contributed by atoms with Crippen LogP contribution in [0.25, 0.3) is 11.0 Å². The molecule has 1 unspecified atom stereocenters. The summed E-state index contributed by atoms with van der Waals surface area (Å²) in [5, 5.41) is 0.402. The summed E-state index contributed by atoms with van der Waals surface area (Å²) < 4.78 is 23.1. The normalized spacial score (nSPS) is 14.0. The van der Waals surface area contributed by atoms with E-state index in [1.165, 1.54) is 4.90 Å². The molecule has 44 heavy (non-hydrogen) atoms. The number of esters is 1. The van der Waals surface area contributed by atoms with Crippen molar-refractivity contribution in [3.8, 4) is 11.5 Å². The predicted molar refractivity (Wildman–Crippen MR) is 167 cm³/mol. The average Bonchev–Trinajstić information content (AvgIpc) is 3.33. The zero-order chi connectivity index (χ0) is 31.0. The molecule has 1 aliphatic rings. The topological polar surface area (TPSA) is 95.3 Å². The first-order valence-corrected chi connectivity index (χ1v) is 14.3. The highest BCUT2D eigenvalue weighted by molar-refractivity contribution is 6.11. The van der Waals surface area contributed by atoms with Crippen molar-refractivity contribution in [2.45, 2.75) is 33.4 Å². The van der Waals surface area contributed by atoms with E-state index < -0.39 is 17.9 Å². The third-order valence-electron chi connectivity index (χ3n) is 7.88. The number of fused-ring (bicyclic) bond motifs is 2. The summed E-state index contributed by atoms with van der Waals surface area (Å²) in [5.41, 5.74) is 4.67. The lowest BCUT2D eigenvalue weighted by Crippen LogP contribution is -2.29. The Hall–Kier alpha value is -5.37. The van der Waals surface area contributed by atoms with Crippen LogP contribution in [0.2, 0.25) is 0 Å². The van der Waals surface area contributed by atoms with E-state index in [-0.39, 0.29) is 23.4 Å². The van der Waals surface area contributed by atoms with E-state index in [9.17, 15) is 14.4 Å². The number of ether oxygens (including phenoxy) is 3. The maximum Gasteiger partial charge on any atom is 0.338 e. The molecule has 0 aliphatic carbocycles. The zero-order valence-corrected chi connectivity index (χ0v) is 24.9. The van der Waals surface area contributed by atoms with Gasteiger partial charge in [0.2, 0.25) is 5.76 Å². The molecule has 1 aliphatic heterocycles. The van der Waals surface area contributed by atoms with Crippen LogP contribution in [0.3, 0.4) is 0 Å². The van der Waals surface area contributed by atoms with Crippen LogP contribution in [0.4, 0.5) is 5.69 Å². The van der Waals surface area contributed by atoms with E-state index in [0.717, 1.165) is 16.7 Å². The molecule has 1 amide bonds. The fraction of sp³-hybridized carbons (Fsp3) is 0.194. The van der Waals surface area contributed by atoms with Crippen molar-refractivity contribution in [1.29, 1.82) is 0 Å². The van der Waals surface area contributed by atoms with Gasteiger partial charge in [-0.25, -0.2) is 4.79 Å². The Kier molecular flexibility index (Phi) is 7.66. The number of methoxy groups -OCH3 is 1. The maximum atomic E-state index is 14.1. The highest BCUT2D eigenvalue weighted by Crippen LogP contribution is 2.43. The van der Waals surface area contributed by atoms with E-state index in [1.807, 2.05) is 50.2 Å². The Morgan fingerprint density at radius 1 is 0.886 bits per heavy atom. The van der Waals surface area contributed by atoms with Gasteiger partial charge in [0.15, 0.2) is 16.9 Å². The van der Waals surface area contributed by atoms with Crippen molar-refractivity contribution >= 4 is 28.5 Å². The van der Waals surface area contributed by atoms with Crippen molar-refractivity contribution < 1.29 is 28.2 Å². The molecule has 0 fully saturated rings. The molecule has 0 bridgehead atoms. The number of nitrogens with zero attached hydrogens (tertiary/aromatic N) is 1. The molecule has 5 aromatic rings. The van der Waals surface area contributed by atoms with Crippen LogP contribution in [-0.4, -0.2) is 25.6 Å². The quantitative estimate of drug-likeness (QED) is 0.181. The van der Waals surface area contributed by atoms with Crippen molar-refractivity contribution in [1.82, 2.24) is 0 Å². The second-order valence-electron chi connectivity index (χ2n) is 10.6. The molecule has 4 aromatic carbocycles. The Morgan fingerprint density at radius 3 is 2.32 bits per heavy atom. The molecule has 0 N–H and O–H groups in total. The van der Waals surface area contributed by atoms with Gasteiger partial charge >= 0.3 is 5.97 Å². The summed E-state index contributed by atoms with van der Waals surface area (Å²) in [7, 11) is 1.54. The smallest absolute Gasteiger partial charge is 0.338 e. The summed E-state index contributed by atoms with van der Waals surface area (Å²) in [6, 6.07) is 24.4. The molecule has 222 valence electrons. The minimum atomic E-state index is -0.828. The maximum absolute atomic E-state index is 14.1. The highest BCUT2D eigenvalue weighted by atomic mass is 16.5. The lowest BCUT2D eigenvalue weighted by molar-refractivity contribution is 0.0526. The molecule has 1 atom stereocenters. The van der Waals surface area contributed by atoms with Crippen LogP contribution in [0.15, 0.2) is 94.1 Å². The molecule has 0 saturated carbocycles. The number of amides is 1. The third kappa shape index (κ3) is 5.08. The second-order valence-corrected chi connectivity index (χ2v) is 10.6. The second kappa shape index (κ2) is 11.7. The minimum absolute atomic E-state index is 0.0198. The standard InChI is InChI=1S/C36H31NO7/c1-5-42-36(40)24-11-14-26(15-12-24)37-32(25-13-16-28(30(19-25)41-4)43-20-23-9-7-6-8-10-23)31-33(38)27-17-21(2)22(3)18-29(27)44-34(31)35(37)39/h6-19,32H,5,20H2,1-4H3. The van der Waals surface area contributed by atoms with Gasteiger partial charge in [0.1, 0.15) is 12.2 Å². The van der Waals surface area contributed by atoms with Gasteiger partial charge in [0, 0.05) is 5.69 Å². The molecule has 2 heterocycles. The number of hydrogen-bond donors (Lipinski definition) is 0. The summed E-state index contributed by atoms with van der Waals surface area (Å²) in [5.74, 6) is 0.0274. The van der Waals surface area contributed by atoms with Gasteiger partial charge in [-0.05, 0) is 91.6 Å². The van der Waals surface area contributed by atoms with E-state index in [2.05, 4.69) is 0 Å². The molecule has 0 saturated heterocycles. The number of carbonyl (C=O) groups is 2. The van der Waals surface area contributed by atoms with Crippen molar-refractivity contribution in [2.24, 2.45) is 0 Å². The Bertz CT molecular complexity index is 1940. The summed E-state index contributed by atoms with van der Waals surface area (Å²) >= 11 is 0. The van der Waals surface area contributed by atoms with Gasteiger partial charge in [0.05, 0.1) is 36.3 Å². The first-order valence-electron chi connectivity index (χ1n) is 14.3. The van der Waals surface area contributed by atoms with Gasteiger partial charge in [-0.2, -0.15) is 0 Å². The lowest BCUT2D eigenvalue weighted by atomic mass is 9.96. The molecule has 0 spiro atoms. The average molecular weight is 590 g/mol. The number of anilines is 1. The molecule has 1 aromatic heterocycles. The number of carbonyl (C=O) groups excluding carboxylic acids is 2. The van der Waals surface area contributed by atoms with Gasteiger partial charge in [0.25, 0.3) is 5.91 Å². The monoisotopic (exact) mass is 589 g/mol. The number of rotatable bonds is 8. The molecule has 0 radical (unpaired) electrons. The number of aryl methyl sites for hydroxylation is 2. The molecular weight excluding hydrogens is 558 g/mol. The Morgan fingerprint density at radius 2 is 1.61 bits per heavy atom. The van der Waals surface area contributed by atoms with Crippen LogP contribution in [-0.2, 0) is 11.3 Å². The van der Waals surface area contributed by atoms with Crippen LogP contribution < -0.4 is 19.8 Å². The van der Waals surface area contributed by atoms with Crippen LogP contribution >= 0.6 is 0 Å². The fourth-order valence-corrected chi connectivity index (χ4v) is 5.49. The lowest BCUT2D eigenvalue weighted by Gasteiger charge is -2.26. The number of benzene rings is 4. The van der Waals surface area contributed by atoms with E-state index in [4.69, 9.17) is 18.6 Å². The van der Waals surface area contributed by atoms with Gasteiger partial charge in [-0.1, -0.05) is 36.4 Å². The Labute approximate surface area is 254 Å². The highest BCUT2D eigenvalue weighted by Gasteiger charge is 2.44. The predicted octanol–water partition coefficient (Wildman–Crippen LogP) is 6.92. The van der Waals surface area contributed by atoms with Crippen molar-refractivity contribution in [2.75, 3.05) is 18.6 Å². The first kappa shape index (κ1) is 28.7. The van der Waals surface area contributed by atoms with Gasteiger partial charge < -0.3 is 18.6 Å². The largest absolute Gasteiger partial charge is 0.493 e. The number of hydrogen-bond acceptors (Lipinski definition) is 7. The molecule has 8 heteroatoms. The zero-order valence-electron chi connectivity index (χ0n) is 24.9. The van der Waals surface area contributed by atoms with E-state index in [1.54, 1.807) is 62.6 Å². The van der Waals surface area contributed by atoms with Crippen LogP contribution in [0.1, 0.15) is 61.7 Å². The van der Waals surface area contributed by atoms with Gasteiger partial charge in [-0.15, -0.1) is 0 Å². The SMILES string of the molecule is CCOC(=O)c1ccc(N2C(=O)c3oc4cc(C)c(C)cc4c(=O)c3C2c2ccc(OCc3ccccc3)c(OC)c2)cc1. The first-order chi connectivity index (χ1) is 21.3. The van der Waals surface area contributed by atoms with Crippen LogP contribution in [0.5, 0.6) is 11.5 Å². The molecule has 6 rings (SSSR count). The molecular formula is C36H31NO7. The van der Waals surface area contributed by atoms with Crippen LogP contribution in [0, 0.1) is 13.8 Å². The van der Waals surface area contributed by atoms with E-state index >= 15 is 0 Å². The minimum Gasteiger partial charge on any atom is -0.493 e. The molecule has 8 nitrogen and oxygen atoms in total. The summed E-state index contributed by atoms with van der Waals surface area (Å²) in [6.07, 6.45) is 0. The van der Waals surface area contributed by atoms with E-state index in [0.29, 0.717) is 45.9 Å². The third-order valence-corrected chi connectivity index (χ3v) is 7.88. The van der Waals surface area contributed by atoms with Crippen molar-refractivity contribution in [3.63, 3.8) is 0 Å². The summed E-state index contributed by atoms with van der Waals surface area (Å²) in [6.45, 7) is 6.18.